The second-order valence-electron chi connectivity index (χ2n) is 5.28. The fraction of sp³-hybridized carbons (Fsp3) is 0.533. The largest absolute Gasteiger partial charge is 0.307 e. The summed E-state index contributed by atoms with van der Waals surface area (Å²) < 4.78 is 2.12. The van der Waals surface area contributed by atoms with Gasteiger partial charge < -0.3 is 9.30 Å². The fourth-order valence-electron chi connectivity index (χ4n) is 2.89. The van der Waals surface area contributed by atoms with Gasteiger partial charge in [0.1, 0.15) is 5.65 Å². The second-order valence-corrected chi connectivity index (χ2v) is 5.28. The Morgan fingerprint density at radius 2 is 2.11 bits per heavy atom. The molecule has 1 aliphatic rings. The van der Waals surface area contributed by atoms with E-state index in [2.05, 4.69) is 40.8 Å². The maximum absolute atomic E-state index is 4.70. The predicted molar refractivity (Wildman–Crippen MR) is 73.7 cm³/mol. The number of hydrogen-bond acceptors (Lipinski definition) is 2. The molecule has 0 aliphatic carbocycles. The smallest absolute Gasteiger partial charge is 0.136 e. The minimum Gasteiger partial charge on any atom is -0.307 e. The number of rotatable bonds is 3. The SMILES string of the molecule is CCN1CCC(Cc2cn3ccccc3n2)CC1. The van der Waals surface area contributed by atoms with Gasteiger partial charge in [0.05, 0.1) is 5.69 Å². The molecule has 2 aromatic heterocycles. The third-order valence-corrected chi connectivity index (χ3v) is 4.07. The summed E-state index contributed by atoms with van der Waals surface area (Å²) in [5.74, 6) is 0.817. The summed E-state index contributed by atoms with van der Waals surface area (Å²) in [5.41, 5.74) is 2.31. The van der Waals surface area contributed by atoms with E-state index in [1.165, 1.54) is 38.2 Å². The molecule has 0 aromatic carbocycles. The lowest BCUT2D eigenvalue weighted by Gasteiger charge is -2.30. The first-order chi connectivity index (χ1) is 8.85. The summed E-state index contributed by atoms with van der Waals surface area (Å²) in [6.07, 6.45) is 8.04. The highest BCUT2D eigenvalue weighted by Crippen LogP contribution is 2.21. The normalized spacial score (nSPS) is 18.5. The average molecular weight is 243 g/mol. The molecule has 0 unspecified atom stereocenters. The second kappa shape index (κ2) is 5.11. The van der Waals surface area contributed by atoms with E-state index in [1.54, 1.807) is 0 Å². The first kappa shape index (κ1) is 11.7. The summed E-state index contributed by atoms with van der Waals surface area (Å²) in [5, 5.41) is 0. The summed E-state index contributed by atoms with van der Waals surface area (Å²) in [7, 11) is 0. The summed E-state index contributed by atoms with van der Waals surface area (Å²) >= 11 is 0. The molecule has 3 heterocycles. The molecule has 1 saturated heterocycles. The number of pyridine rings is 1. The molecule has 0 bridgehead atoms. The van der Waals surface area contributed by atoms with E-state index >= 15 is 0 Å². The van der Waals surface area contributed by atoms with Crippen LogP contribution < -0.4 is 0 Å². The topological polar surface area (TPSA) is 20.5 Å². The van der Waals surface area contributed by atoms with E-state index in [0.29, 0.717) is 0 Å². The van der Waals surface area contributed by atoms with Gasteiger partial charge in [-0.2, -0.15) is 0 Å². The molecule has 0 radical (unpaired) electrons. The standard InChI is InChI=1S/C15H21N3/c1-2-17-9-6-13(7-10-17)11-14-12-18-8-4-3-5-15(18)16-14/h3-5,8,12-13H,2,6-7,9-11H2,1H3. The molecule has 1 aliphatic heterocycles. The lowest BCUT2D eigenvalue weighted by molar-refractivity contribution is 0.191. The number of aromatic nitrogens is 2. The Labute approximate surface area is 108 Å². The van der Waals surface area contributed by atoms with Crippen molar-refractivity contribution in [3.63, 3.8) is 0 Å². The van der Waals surface area contributed by atoms with Crippen molar-refractivity contribution in [3.05, 3.63) is 36.3 Å². The van der Waals surface area contributed by atoms with E-state index in [-0.39, 0.29) is 0 Å². The van der Waals surface area contributed by atoms with Gasteiger partial charge in [-0.25, -0.2) is 4.98 Å². The highest BCUT2D eigenvalue weighted by molar-refractivity contribution is 5.39. The summed E-state index contributed by atoms with van der Waals surface area (Å²) in [4.78, 5) is 7.24. The van der Waals surface area contributed by atoms with E-state index in [0.717, 1.165) is 18.0 Å². The maximum Gasteiger partial charge on any atom is 0.136 e. The van der Waals surface area contributed by atoms with Crippen molar-refractivity contribution in [1.29, 1.82) is 0 Å². The number of fused-ring (bicyclic) bond motifs is 1. The lowest BCUT2D eigenvalue weighted by atomic mass is 9.92. The number of hydrogen-bond donors (Lipinski definition) is 0. The Bertz CT molecular complexity index is 476. The Morgan fingerprint density at radius 3 is 2.83 bits per heavy atom. The van der Waals surface area contributed by atoms with Crippen LogP contribution in [0.3, 0.4) is 0 Å². The van der Waals surface area contributed by atoms with Gasteiger partial charge in [-0.15, -0.1) is 0 Å². The molecule has 96 valence electrons. The zero-order chi connectivity index (χ0) is 12.4. The van der Waals surface area contributed by atoms with Crippen LogP contribution in [0.15, 0.2) is 30.6 Å². The Hall–Kier alpha value is -1.35. The number of imidazole rings is 1. The van der Waals surface area contributed by atoms with Crippen molar-refractivity contribution in [1.82, 2.24) is 14.3 Å². The van der Waals surface area contributed by atoms with E-state index in [4.69, 9.17) is 4.98 Å². The quantitative estimate of drug-likeness (QED) is 0.826. The molecule has 0 spiro atoms. The summed E-state index contributed by atoms with van der Waals surface area (Å²) in [6.45, 7) is 5.96. The van der Waals surface area contributed by atoms with E-state index in [1.807, 2.05) is 6.07 Å². The van der Waals surface area contributed by atoms with Gasteiger partial charge in [-0.3, -0.25) is 0 Å². The molecule has 18 heavy (non-hydrogen) atoms. The Kier molecular flexibility index (Phi) is 3.33. The third kappa shape index (κ3) is 2.41. The molecular weight excluding hydrogens is 222 g/mol. The Morgan fingerprint density at radius 1 is 1.28 bits per heavy atom. The number of piperidine rings is 1. The van der Waals surface area contributed by atoms with Crippen LogP contribution in [0.1, 0.15) is 25.5 Å². The van der Waals surface area contributed by atoms with Crippen LogP contribution in [0.5, 0.6) is 0 Å². The van der Waals surface area contributed by atoms with E-state index < -0.39 is 0 Å². The highest BCUT2D eigenvalue weighted by atomic mass is 15.1. The van der Waals surface area contributed by atoms with Gasteiger partial charge in [0.2, 0.25) is 0 Å². The molecule has 0 amide bonds. The van der Waals surface area contributed by atoms with Crippen molar-refractivity contribution in [2.24, 2.45) is 5.92 Å². The van der Waals surface area contributed by atoms with Crippen LogP contribution in [-0.4, -0.2) is 33.9 Å². The third-order valence-electron chi connectivity index (χ3n) is 4.07. The van der Waals surface area contributed by atoms with Crippen LogP contribution in [0, 0.1) is 5.92 Å². The minimum absolute atomic E-state index is 0.817. The van der Waals surface area contributed by atoms with Gasteiger partial charge in [0, 0.05) is 12.4 Å². The zero-order valence-electron chi connectivity index (χ0n) is 11.0. The monoisotopic (exact) mass is 243 g/mol. The Balaban J connectivity index is 1.66. The maximum atomic E-state index is 4.70. The molecule has 0 atom stereocenters. The van der Waals surface area contributed by atoms with Crippen LogP contribution >= 0.6 is 0 Å². The highest BCUT2D eigenvalue weighted by Gasteiger charge is 2.19. The van der Waals surface area contributed by atoms with Gasteiger partial charge in [0.25, 0.3) is 0 Å². The van der Waals surface area contributed by atoms with Gasteiger partial charge >= 0.3 is 0 Å². The molecule has 0 N–H and O–H groups in total. The van der Waals surface area contributed by atoms with Gasteiger partial charge in [0.15, 0.2) is 0 Å². The molecule has 0 saturated carbocycles. The number of nitrogens with zero attached hydrogens (tertiary/aromatic N) is 3. The lowest BCUT2D eigenvalue weighted by Crippen LogP contribution is -2.34. The summed E-state index contributed by atoms with van der Waals surface area (Å²) in [6, 6.07) is 6.17. The first-order valence-corrected chi connectivity index (χ1v) is 7.00. The van der Waals surface area contributed by atoms with Gasteiger partial charge in [-0.1, -0.05) is 13.0 Å². The van der Waals surface area contributed by atoms with Crippen molar-refractivity contribution in [2.75, 3.05) is 19.6 Å². The van der Waals surface area contributed by atoms with Crippen LogP contribution in [0.2, 0.25) is 0 Å². The average Bonchev–Trinajstić information content (AvgIpc) is 2.82. The number of likely N-dealkylation sites (tertiary alicyclic amines) is 1. The predicted octanol–water partition coefficient (Wildman–Crippen LogP) is 2.61. The van der Waals surface area contributed by atoms with Crippen LogP contribution in [0.25, 0.3) is 5.65 Å². The van der Waals surface area contributed by atoms with Crippen molar-refractivity contribution in [3.8, 4) is 0 Å². The molecule has 1 fully saturated rings. The van der Waals surface area contributed by atoms with E-state index in [9.17, 15) is 0 Å². The van der Waals surface area contributed by atoms with Crippen LogP contribution in [0.4, 0.5) is 0 Å². The fourth-order valence-corrected chi connectivity index (χ4v) is 2.89. The zero-order valence-corrected chi connectivity index (χ0v) is 11.0. The molecule has 3 nitrogen and oxygen atoms in total. The molecule has 2 aromatic rings. The minimum atomic E-state index is 0.817. The molecule has 3 heteroatoms. The molecule has 3 rings (SSSR count). The van der Waals surface area contributed by atoms with Crippen molar-refractivity contribution >= 4 is 5.65 Å². The van der Waals surface area contributed by atoms with Crippen LogP contribution in [-0.2, 0) is 6.42 Å². The van der Waals surface area contributed by atoms with Crippen molar-refractivity contribution < 1.29 is 0 Å². The first-order valence-electron chi connectivity index (χ1n) is 7.00. The van der Waals surface area contributed by atoms with Gasteiger partial charge in [-0.05, 0) is 56.9 Å². The van der Waals surface area contributed by atoms with Crippen molar-refractivity contribution in [2.45, 2.75) is 26.2 Å². The molecular formula is C15H21N3.